The number of hydrogen-bond donors (Lipinski definition) is 2. The molecule has 0 unspecified atom stereocenters. The van der Waals surface area contributed by atoms with Crippen LogP contribution < -0.4 is 10.1 Å². The number of nitrogens with one attached hydrogen (secondary N) is 1. The molecule has 12 heteroatoms. The first-order valence-corrected chi connectivity index (χ1v) is 11.8. The van der Waals surface area contributed by atoms with Crippen LogP contribution in [0.4, 0.5) is 10.7 Å². The molecule has 0 atom stereocenters. The lowest BCUT2D eigenvalue weighted by molar-refractivity contribution is -0.132. The minimum atomic E-state index is -1.03. The molecule has 0 aromatic carbocycles. The summed E-state index contributed by atoms with van der Waals surface area (Å²) >= 11 is 1.24. The van der Waals surface area contributed by atoms with Crippen molar-refractivity contribution < 1.29 is 24.2 Å². The van der Waals surface area contributed by atoms with Crippen molar-refractivity contribution in [2.24, 2.45) is 0 Å². The van der Waals surface area contributed by atoms with Gasteiger partial charge in [-0.15, -0.1) is 11.8 Å². The number of methoxy groups -OCH3 is 1. The van der Waals surface area contributed by atoms with Gasteiger partial charge in [-0.1, -0.05) is 0 Å². The lowest BCUT2D eigenvalue weighted by atomic mass is 10.1. The molecule has 184 valence electrons. The number of anilines is 1. The van der Waals surface area contributed by atoms with Crippen molar-refractivity contribution >= 4 is 46.9 Å². The molecule has 1 amide bonds. The summed E-state index contributed by atoms with van der Waals surface area (Å²) < 4.78 is 12.5. The molecule has 11 nitrogen and oxygen atoms in total. The number of carboxylic acids is 1. The van der Waals surface area contributed by atoms with Crippen molar-refractivity contribution in [1.29, 1.82) is 0 Å². The molecular weight excluding hydrogens is 472 g/mol. The number of aliphatic carboxylic acids is 1. The quantitative estimate of drug-likeness (QED) is 0.499. The van der Waals surface area contributed by atoms with Crippen LogP contribution in [0.3, 0.4) is 0 Å². The van der Waals surface area contributed by atoms with Gasteiger partial charge in [-0.05, 0) is 40.7 Å². The van der Waals surface area contributed by atoms with E-state index in [-0.39, 0.29) is 23.8 Å². The van der Waals surface area contributed by atoms with Crippen molar-refractivity contribution in [2.75, 3.05) is 18.2 Å². The van der Waals surface area contributed by atoms with Crippen LogP contribution >= 0.6 is 11.8 Å². The molecule has 4 heterocycles. The fraction of sp³-hybridized carbons (Fsp3) is 0.391. The molecule has 0 radical (unpaired) electrons. The normalized spacial score (nSPS) is 13.3. The lowest BCUT2D eigenvalue weighted by Gasteiger charge is -2.19. The van der Waals surface area contributed by atoms with Crippen LogP contribution in [0.5, 0.6) is 5.75 Å². The molecule has 0 saturated carbocycles. The Morgan fingerprint density at radius 1 is 1.26 bits per heavy atom. The number of thioether (sulfide) groups is 1. The molecule has 3 aromatic heterocycles. The van der Waals surface area contributed by atoms with Crippen LogP contribution in [0.2, 0.25) is 0 Å². The third kappa shape index (κ3) is 5.06. The number of hydrogen-bond acceptors (Lipinski definition) is 9. The van der Waals surface area contributed by atoms with E-state index < -0.39 is 17.7 Å². The highest BCUT2D eigenvalue weighted by molar-refractivity contribution is 7.99. The van der Waals surface area contributed by atoms with Crippen LogP contribution in [0.15, 0.2) is 16.8 Å². The number of nitrogens with zero attached hydrogens (tertiary/aromatic N) is 5. The molecule has 0 spiro atoms. The Bertz CT molecular complexity index is 1380. The van der Waals surface area contributed by atoms with Gasteiger partial charge in [0.05, 0.1) is 30.4 Å². The summed E-state index contributed by atoms with van der Waals surface area (Å²) in [6.07, 6.45) is 2.56. The summed E-state index contributed by atoms with van der Waals surface area (Å²) in [6.45, 7) is 9.35. The summed E-state index contributed by atoms with van der Waals surface area (Å²) in [4.78, 5) is 37.6. The van der Waals surface area contributed by atoms with E-state index in [1.807, 2.05) is 13.8 Å². The van der Waals surface area contributed by atoms with Crippen LogP contribution in [-0.2, 0) is 16.1 Å². The SMILES string of the molecule is COc1c(C)cnc(Cn2nc3c4c(nc(NC(=O)OC(C)(C)C)nc42)SCC(C(=O)O)=C3)c1C. The summed E-state index contributed by atoms with van der Waals surface area (Å²) in [6, 6.07) is 0. The lowest BCUT2D eigenvalue weighted by Crippen LogP contribution is -2.28. The van der Waals surface area contributed by atoms with Gasteiger partial charge in [-0.25, -0.2) is 19.3 Å². The van der Waals surface area contributed by atoms with Gasteiger partial charge in [0.1, 0.15) is 16.4 Å². The van der Waals surface area contributed by atoms with Crippen molar-refractivity contribution in [3.8, 4) is 5.75 Å². The maximum absolute atomic E-state index is 12.4. The predicted octanol–water partition coefficient (Wildman–Crippen LogP) is 3.82. The van der Waals surface area contributed by atoms with Gasteiger partial charge in [-0.3, -0.25) is 10.3 Å². The van der Waals surface area contributed by atoms with Crippen molar-refractivity contribution in [2.45, 2.75) is 51.8 Å². The van der Waals surface area contributed by atoms with E-state index in [0.29, 0.717) is 21.8 Å². The fourth-order valence-electron chi connectivity index (χ4n) is 3.68. The predicted molar refractivity (Wildman–Crippen MR) is 131 cm³/mol. The molecule has 1 aliphatic rings. The zero-order chi connectivity index (χ0) is 25.5. The number of rotatable bonds is 5. The average molecular weight is 499 g/mol. The Kier molecular flexibility index (Phi) is 6.41. The van der Waals surface area contributed by atoms with Gasteiger partial charge >= 0.3 is 12.1 Å². The summed E-state index contributed by atoms with van der Waals surface area (Å²) in [5, 5.41) is 17.9. The molecule has 2 N–H and O–H groups in total. The molecule has 3 aromatic rings. The first kappa shape index (κ1) is 24.5. The van der Waals surface area contributed by atoms with E-state index >= 15 is 0 Å². The second-order valence-electron chi connectivity index (χ2n) is 9.03. The molecular formula is C23H26N6O5S. The third-order valence-electron chi connectivity index (χ3n) is 5.20. The summed E-state index contributed by atoms with van der Waals surface area (Å²) in [5.41, 5.74) is 2.86. The monoisotopic (exact) mass is 498 g/mol. The Balaban J connectivity index is 1.83. The number of aryl methyl sites for hydroxylation is 1. The van der Waals surface area contributed by atoms with Crippen molar-refractivity contribution in [1.82, 2.24) is 24.7 Å². The molecule has 0 bridgehead atoms. The summed E-state index contributed by atoms with van der Waals surface area (Å²) in [5.74, 6) is -0.0702. The molecule has 35 heavy (non-hydrogen) atoms. The number of ether oxygens (including phenoxy) is 2. The van der Waals surface area contributed by atoms with E-state index in [1.165, 1.54) is 17.8 Å². The Morgan fingerprint density at radius 2 is 2.00 bits per heavy atom. The molecule has 0 aliphatic carbocycles. The number of carbonyl (C=O) groups excluding carboxylic acids is 1. The molecule has 0 saturated heterocycles. The smallest absolute Gasteiger partial charge is 0.414 e. The largest absolute Gasteiger partial charge is 0.496 e. The first-order valence-electron chi connectivity index (χ1n) is 10.8. The number of carboxylic acid groups (broad SMARTS) is 1. The highest BCUT2D eigenvalue weighted by atomic mass is 32.2. The molecule has 1 aliphatic heterocycles. The van der Waals surface area contributed by atoms with Crippen LogP contribution in [0, 0.1) is 13.8 Å². The minimum absolute atomic E-state index is 0.0342. The first-order chi connectivity index (χ1) is 16.5. The van der Waals surface area contributed by atoms with E-state index in [1.54, 1.807) is 38.8 Å². The third-order valence-corrected chi connectivity index (χ3v) is 6.22. The Morgan fingerprint density at radius 3 is 2.66 bits per heavy atom. The maximum atomic E-state index is 12.4. The van der Waals surface area contributed by atoms with Crippen LogP contribution in [-0.4, -0.2) is 60.4 Å². The Hall–Kier alpha value is -3.67. The van der Waals surface area contributed by atoms with Gasteiger partial charge in [0.15, 0.2) is 5.65 Å². The number of carbonyl (C=O) groups is 2. The number of aromatic nitrogens is 5. The number of pyridine rings is 1. The standard InChI is InChI=1S/C23H26N6O5S/c1-11-8-24-15(12(2)17(11)33-6)9-29-18-16-14(28-29)7-13(20(30)31)10-35-19(16)26-21(25-18)27-22(32)34-23(3,4)5/h7-8H,9-10H2,1-6H3,(H,30,31)(H,25,26,27,32). The van der Waals surface area contributed by atoms with E-state index in [4.69, 9.17) is 9.47 Å². The minimum Gasteiger partial charge on any atom is -0.496 e. The number of amides is 1. The highest BCUT2D eigenvalue weighted by Gasteiger charge is 2.25. The van der Waals surface area contributed by atoms with Crippen LogP contribution in [0.1, 0.15) is 43.3 Å². The van der Waals surface area contributed by atoms with Gasteiger partial charge in [0, 0.05) is 28.6 Å². The van der Waals surface area contributed by atoms with E-state index in [9.17, 15) is 14.7 Å². The average Bonchev–Trinajstić information content (AvgIpc) is 2.96. The van der Waals surface area contributed by atoms with Crippen molar-refractivity contribution in [3.63, 3.8) is 0 Å². The van der Waals surface area contributed by atoms with Gasteiger partial charge in [0.25, 0.3) is 0 Å². The fourth-order valence-corrected chi connectivity index (χ4v) is 4.67. The van der Waals surface area contributed by atoms with E-state index in [0.717, 1.165) is 22.6 Å². The van der Waals surface area contributed by atoms with Gasteiger partial charge in [0.2, 0.25) is 5.95 Å². The maximum Gasteiger partial charge on any atom is 0.414 e. The van der Waals surface area contributed by atoms with Gasteiger partial charge < -0.3 is 14.6 Å². The highest BCUT2D eigenvalue weighted by Crippen LogP contribution is 2.35. The second kappa shape index (κ2) is 9.17. The zero-order valence-electron chi connectivity index (χ0n) is 20.3. The molecule has 0 fully saturated rings. The van der Waals surface area contributed by atoms with Crippen molar-refractivity contribution in [3.05, 3.63) is 34.3 Å². The van der Waals surface area contributed by atoms with Gasteiger partial charge in [-0.2, -0.15) is 10.1 Å². The Labute approximate surface area is 206 Å². The second-order valence-corrected chi connectivity index (χ2v) is 9.99. The topological polar surface area (TPSA) is 141 Å². The summed E-state index contributed by atoms with van der Waals surface area (Å²) in [7, 11) is 1.61. The zero-order valence-corrected chi connectivity index (χ0v) is 21.1. The van der Waals surface area contributed by atoms with E-state index in [2.05, 4.69) is 25.4 Å². The molecule has 4 rings (SSSR count). The van der Waals surface area contributed by atoms with Crippen LogP contribution in [0.25, 0.3) is 17.1 Å².